The summed E-state index contributed by atoms with van der Waals surface area (Å²) in [6, 6.07) is 5.22. The average molecular weight is 436 g/mol. The number of nitrogens with two attached hydrogens (primary N) is 2. The lowest BCUT2D eigenvalue weighted by molar-refractivity contribution is 0.185. The summed E-state index contributed by atoms with van der Waals surface area (Å²) < 4.78 is 1.55. The average Bonchev–Trinajstić information content (AvgIpc) is 2.97. The lowest BCUT2D eigenvalue weighted by Gasteiger charge is -2.43. The third-order valence-electron chi connectivity index (χ3n) is 6.95. The molecule has 4 N–H and O–H groups in total. The van der Waals surface area contributed by atoms with Crippen LogP contribution in [0.15, 0.2) is 23.0 Å². The van der Waals surface area contributed by atoms with Crippen LogP contribution in [0.2, 0.25) is 10.0 Å². The van der Waals surface area contributed by atoms with Crippen LogP contribution >= 0.6 is 23.2 Å². The quantitative estimate of drug-likeness (QED) is 0.750. The first kappa shape index (κ1) is 20.5. The molecule has 1 aromatic heterocycles. The minimum absolute atomic E-state index is 0.166. The topological polar surface area (TPSA) is 90.2 Å². The second-order valence-corrected chi connectivity index (χ2v) is 9.40. The number of halogens is 2. The Morgan fingerprint density at radius 1 is 1.21 bits per heavy atom. The first-order valence-corrected chi connectivity index (χ1v) is 10.8. The maximum atomic E-state index is 13.2. The predicted octanol–water partition coefficient (Wildman–Crippen LogP) is 3.68. The summed E-state index contributed by atoms with van der Waals surface area (Å²) in [4.78, 5) is 19.9. The van der Waals surface area contributed by atoms with Crippen molar-refractivity contribution in [1.29, 1.82) is 0 Å². The molecule has 1 spiro atoms. The highest BCUT2D eigenvalue weighted by atomic mass is 35.5. The molecule has 4 rings (SSSR count). The number of piperidine rings is 1. The Bertz CT molecular complexity index is 997. The monoisotopic (exact) mass is 435 g/mol. The highest BCUT2D eigenvalue weighted by Crippen LogP contribution is 2.48. The fourth-order valence-electron chi connectivity index (χ4n) is 5.03. The van der Waals surface area contributed by atoms with E-state index in [1.165, 1.54) is 12.8 Å². The molecule has 156 valence electrons. The molecule has 0 bridgehead atoms. The Balaban J connectivity index is 1.66. The predicted molar refractivity (Wildman–Crippen MR) is 120 cm³/mol. The van der Waals surface area contributed by atoms with Crippen LogP contribution in [0.25, 0.3) is 11.1 Å². The van der Waals surface area contributed by atoms with E-state index < -0.39 is 0 Å². The maximum Gasteiger partial charge on any atom is 0.264 e. The third kappa shape index (κ3) is 3.41. The van der Waals surface area contributed by atoms with E-state index in [1.54, 1.807) is 29.8 Å². The van der Waals surface area contributed by atoms with Gasteiger partial charge in [0.1, 0.15) is 5.82 Å². The van der Waals surface area contributed by atoms with Crippen molar-refractivity contribution in [1.82, 2.24) is 9.55 Å². The molecule has 29 heavy (non-hydrogen) atoms. The fourth-order valence-corrected chi connectivity index (χ4v) is 5.42. The van der Waals surface area contributed by atoms with Gasteiger partial charge in [-0.2, -0.15) is 4.98 Å². The van der Waals surface area contributed by atoms with E-state index in [9.17, 15) is 4.79 Å². The molecule has 1 saturated carbocycles. The fraction of sp³-hybridized carbons (Fsp3) is 0.524. The first-order chi connectivity index (χ1) is 13.7. The number of anilines is 2. The zero-order chi connectivity index (χ0) is 20.9. The minimum atomic E-state index is -0.233. The highest BCUT2D eigenvalue weighted by Gasteiger charge is 2.46. The van der Waals surface area contributed by atoms with Crippen molar-refractivity contribution in [2.75, 3.05) is 23.7 Å². The van der Waals surface area contributed by atoms with Crippen LogP contribution in [0.1, 0.15) is 32.6 Å². The van der Waals surface area contributed by atoms with Crippen LogP contribution in [-0.2, 0) is 7.05 Å². The van der Waals surface area contributed by atoms with Gasteiger partial charge >= 0.3 is 0 Å². The van der Waals surface area contributed by atoms with Gasteiger partial charge in [-0.05, 0) is 55.2 Å². The zero-order valence-corrected chi connectivity index (χ0v) is 18.3. The Labute approximate surface area is 180 Å². The summed E-state index contributed by atoms with van der Waals surface area (Å²) in [5.74, 6) is 1.32. The van der Waals surface area contributed by atoms with Crippen molar-refractivity contribution in [2.45, 2.75) is 38.6 Å². The third-order valence-corrected chi connectivity index (χ3v) is 7.52. The summed E-state index contributed by atoms with van der Waals surface area (Å²) in [7, 11) is 1.72. The Hall–Kier alpha value is -1.76. The number of nitrogen functional groups attached to an aromatic ring is 1. The molecule has 2 fully saturated rings. The highest BCUT2D eigenvalue weighted by molar-refractivity contribution is 6.35. The SMILES string of the molecule is C[C@@H]1CCC2(CCN(c3nc(N)c(-c4cc(Cl)ccc4Cl)c(=O)n3C)CC2)[C@@H]1N. The Morgan fingerprint density at radius 3 is 2.52 bits per heavy atom. The molecular formula is C21H27Cl2N5O. The number of hydrogen-bond acceptors (Lipinski definition) is 5. The van der Waals surface area contributed by atoms with Crippen LogP contribution in [0.5, 0.6) is 0 Å². The van der Waals surface area contributed by atoms with Gasteiger partial charge in [-0.15, -0.1) is 0 Å². The van der Waals surface area contributed by atoms with Crippen LogP contribution < -0.4 is 21.9 Å². The van der Waals surface area contributed by atoms with Crippen molar-refractivity contribution >= 4 is 35.0 Å². The molecule has 0 radical (unpaired) electrons. The summed E-state index contributed by atoms with van der Waals surface area (Å²) in [5, 5.41) is 0.899. The standard InChI is InChI=1S/C21H27Cl2N5O/c1-12-5-6-21(17(12)24)7-9-28(10-8-21)20-26-18(25)16(19(29)27(20)2)14-11-13(22)3-4-15(14)23/h3-4,11-12,17H,5-10,24-25H2,1-2H3/t12-,17-/m1/s1. The van der Waals surface area contributed by atoms with E-state index in [2.05, 4.69) is 16.8 Å². The van der Waals surface area contributed by atoms with Crippen molar-refractivity contribution < 1.29 is 0 Å². The molecule has 1 aromatic carbocycles. The maximum absolute atomic E-state index is 13.2. The summed E-state index contributed by atoms with van der Waals surface area (Å²) in [6.07, 6.45) is 4.40. The molecule has 1 saturated heterocycles. The molecule has 0 amide bonds. The van der Waals surface area contributed by atoms with E-state index in [4.69, 9.17) is 34.7 Å². The molecule has 8 heteroatoms. The first-order valence-electron chi connectivity index (χ1n) is 10.1. The molecule has 2 aliphatic rings. The molecule has 2 aromatic rings. The Morgan fingerprint density at radius 2 is 1.90 bits per heavy atom. The van der Waals surface area contributed by atoms with E-state index in [0.717, 1.165) is 25.9 Å². The van der Waals surface area contributed by atoms with Gasteiger partial charge in [0.15, 0.2) is 0 Å². The molecule has 1 aliphatic heterocycles. The lowest BCUT2D eigenvalue weighted by atomic mass is 9.73. The van der Waals surface area contributed by atoms with Gasteiger partial charge in [0.25, 0.3) is 5.56 Å². The van der Waals surface area contributed by atoms with Crippen LogP contribution in [0, 0.1) is 11.3 Å². The van der Waals surface area contributed by atoms with Gasteiger partial charge in [-0.3, -0.25) is 9.36 Å². The number of rotatable bonds is 2. The van der Waals surface area contributed by atoms with Crippen molar-refractivity contribution in [3.63, 3.8) is 0 Å². The van der Waals surface area contributed by atoms with Gasteiger partial charge in [0, 0.05) is 41.8 Å². The van der Waals surface area contributed by atoms with E-state index in [1.807, 2.05) is 0 Å². The van der Waals surface area contributed by atoms with Gasteiger partial charge in [0.05, 0.1) is 5.56 Å². The van der Waals surface area contributed by atoms with E-state index in [0.29, 0.717) is 27.5 Å². The minimum Gasteiger partial charge on any atom is -0.383 e. The van der Waals surface area contributed by atoms with Crippen molar-refractivity contribution in [3.05, 3.63) is 38.6 Å². The smallest absolute Gasteiger partial charge is 0.264 e. The van der Waals surface area contributed by atoms with Crippen molar-refractivity contribution in [3.8, 4) is 11.1 Å². The normalized spacial score (nSPS) is 23.7. The summed E-state index contributed by atoms with van der Waals surface area (Å²) in [5.41, 5.74) is 13.5. The molecule has 1 aliphatic carbocycles. The second kappa shape index (κ2) is 7.49. The summed E-state index contributed by atoms with van der Waals surface area (Å²) in [6.45, 7) is 3.88. The lowest BCUT2D eigenvalue weighted by Crippen LogP contribution is -2.49. The van der Waals surface area contributed by atoms with Gasteiger partial charge < -0.3 is 16.4 Å². The number of aromatic nitrogens is 2. The molecule has 2 atom stereocenters. The van der Waals surface area contributed by atoms with E-state index >= 15 is 0 Å². The van der Waals surface area contributed by atoms with Gasteiger partial charge in [0.2, 0.25) is 5.95 Å². The van der Waals surface area contributed by atoms with E-state index in [-0.39, 0.29) is 28.4 Å². The number of nitrogens with zero attached hydrogens (tertiary/aromatic N) is 3. The van der Waals surface area contributed by atoms with Crippen LogP contribution in [0.3, 0.4) is 0 Å². The largest absolute Gasteiger partial charge is 0.383 e. The van der Waals surface area contributed by atoms with Gasteiger partial charge in [-0.1, -0.05) is 30.1 Å². The number of hydrogen-bond donors (Lipinski definition) is 2. The van der Waals surface area contributed by atoms with Crippen LogP contribution in [-0.4, -0.2) is 28.7 Å². The second-order valence-electron chi connectivity index (χ2n) is 8.55. The summed E-state index contributed by atoms with van der Waals surface area (Å²) >= 11 is 12.4. The molecule has 2 heterocycles. The molecular weight excluding hydrogens is 409 g/mol. The number of benzene rings is 1. The Kier molecular flexibility index (Phi) is 5.30. The van der Waals surface area contributed by atoms with Crippen molar-refractivity contribution in [2.24, 2.45) is 24.1 Å². The molecule has 6 nitrogen and oxygen atoms in total. The zero-order valence-electron chi connectivity index (χ0n) is 16.8. The molecule has 0 unspecified atom stereocenters. The van der Waals surface area contributed by atoms with Crippen LogP contribution in [0.4, 0.5) is 11.8 Å². The van der Waals surface area contributed by atoms with Gasteiger partial charge in [-0.25, -0.2) is 0 Å².